The molecule has 5 atom stereocenters. The second-order valence-corrected chi connectivity index (χ2v) is 9.52. The summed E-state index contributed by atoms with van der Waals surface area (Å²) < 4.78 is 42.7. The van der Waals surface area contributed by atoms with Gasteiger partial charge in [0.2, 0.25) is 11.8 Å². The van der Waals surface area contributed by atoms with Crippen LogP contribution in [-0.2, 0) is 47.5 Å². The van der Waals surface area contributed by atoms with Gasteiger partial charge in [-0.2, -0.15) is 0 Å². The van der Waals surface area contributed by atoms with Crippen LogP contribution in [0.2, 0.25) is 0 Å². The molecule has 0 aromatic rings. The van der Waals surface area contributed by atoms with Crippen LogP contribution in [0.25, 0.3) is 0 Å². The maximum Gasteiger partial charge on any atom is 0.246 e. The molecule has 1 heterocycles. The van der Waals surface area contributed by atoms with Gasteiger partial charge in [-0.25, -0.2) is 0 Å². The summed E-state index contributed by atoms with van der Waals surface area (Å²) in [6, 6.07) is 0. The van der Waals surface area contributed by atoms with Crippen LogP contribution in [0, 0.1) is 23.7 Å². The van der Waals surface area contributed by atoms with Crippen molar-refractivity contribution in [1.29, 1.82) is 0 Å². The third kappa shape index (κ3) is 21.4. The molecule has 1 saturated heterocycles. The van der Waals surface area contributed by atoms with Crippen molar-refractivity contribution >= 4 is 11.8 Å². The van der Waals surface area contributed by atoms with Gasteiger partial charge in [-0.3, -0.25) is 9.59 Å². The molecule has 264 valence electrons. The lowest BCUT2D eigenvalue weighted by atomic mass is 9.99. The zero-order valence-electron chi connectivity index (χ0n) is 26.5. The Kier molecular flexibility index (Phi) is 26.0. The average molecular weight is 663 g/mol. The normalized spacial score (nSPS) is 20.7. The van der Waals surface area contributed by atoms with Gasteiger partial charge in [-0.1, -0.05) is 18.8 Å². The number of ether oxygens (including phenoxy) is 8. The van der Waals surface area contributed by atoms with Crippen LogP contribution in [0.4, 0.5) is 0 Å². The second kappa shape index (κ2) is 28.8. The first kappa shape index (κ1) is 41.6. The van der Waals surface area contributed by atoms with Gasteiger partial charge >= 0.3 is 0 Å². The highest BCUT2D eigenvalue weighted by molar-refractivity contribution is 5.78. The van der Waals surface area contributed by atoms with Crippen molar-refractivity contribution in [3.8, 4) is 23.7 Å². The van der Waals surface area contributed by atoms with Crippen molar-refractivity contribution in [2.75, 3.05) is 106 Å². The molecular formula is C30H50N2O14. The molecule has 16 heteroatoms. The molecule has 0 aliphatic carbocycles. The summed E-state index contributed by atoms with van der Waals surface area (Å²) >= 11 is 0. The van der Waals surface area contributed by atoms with Gasteiger partial charge in [-0.15, -0.1) is 0 Å². The monoisotopic (exact) mass is 662 g/mol. The summed E-state index contributed by atoms with van der Waals surface area (Å²) in [5.74, 6) is 10.3. The average Bonchev–Trinajstić information content (AvgIpc) is 3.05. The van der Waals surface area contributed by atoms with Crippen LogP contribution in [-0.4, -0.2) is 169 Å². The molecule has 46 heavy (non-hydrogen) atoms. The molecule has 2 unspecified atom stereocenters. The van der Waals surface area contributed by atoms with Gasteiger partial charge in [-0.05, 0) is 11.8 Å². The van der Waals surface area contributed by atoms with Crippen LogP contribution in [0.15, 0.2) is 0 Å². The van der Waals surface area contributed by atoms with E-state index in [1.54, 1.807) is 0 Å². The summed E-state index contributed by atoms with van der Waals surface area (Å²) in [5.41, 5.74) is 0. The van der Waals surface area contributed by atoms with Crippen molar-refractivity contribution in [2.24, 2.45) is 0 Å². The Balaban J connectivity index is 1.80. The predicted octanol–water partition coefficient (Wildman–Crippen LogP) is -3.06. The van der Waals surface area contributed by atoms with E-state index in [9.17, 15) is 24.9 Å². The fourth-order valence-electron chi connectivity index (χ4n) is 3.51. The zero-order chi connectivity index (χ0) is 33.7. The highest BCUT2D eigenvalue weighted by Crippen LogP contribution is 2.21. The Hall–Kier alpha value is -2.42. The molecule has 16 nitrogen and oxygen atoms in total. The van der Waals surface area contributed by atoms with Crippen LogP contribution in [0.5, 0.6) is 0 Å². The first-order valence-electron chi connectivity index (χ1n) is 15.3. The smallest absolute Gasteiger partial charge is 0.246 e. The molecule has 6 N–H and O–H groups in total. The first-order chi connectivity index (χ1) is 22.4. The van der Waals surface area contributed by atoms with E-state index < -0.39 is 37.3 Å². The Morgan fingerprint density at radius 3 is 1.72 bits per heavy atom. The maximum atomic E-state index is 11.8. The standard InChI is InChI=1S/C30H50N2O14/c1-2-3-4-5-6-7-25(34)31-8-10-39-13-15-42-18-19-44-23-26(35)32-9-11-40-12-14-41-16-17-43-20-21-45-30-29(38)28(37)27(36)24(22-33)46-30/h24,27-30,33,36-38H,2,7-23H2,1H3,(H,31,34)(H,32,35)/t24?,27-,28+,29?,30+/m1/s1. The van der Waals surface area contributed by atoms with Gasteiger partial charge in [0.15, 0.2) is 6.29 Å². The second-order valence-electron chi connectivity index (χ2n) is 9.52. The Bertz CT molecular complexity index is 917. The van der Waals surface area contributed by atoms with Gasteiger partial charge in [0, 0.05) is 19.5 Å². The van der Waals surface area contributed by atoms with E-state index in [-0.39, 0.29) is 44.7 Å². The summed E-state index contributed by atoms with van der Waals surface area (Å²) in [4.78, 5) is 23.3. The van der Waals surface area contributed by atoms with Crippen molar-refractivity contribution in [3.05, 3.63) is 0 Å². The molecule has 1 aliphatic heterocycles. The molecular weight excluding hydrogens is 612 g/mol. The number of amides is 2. The van der Waals surface area contributed by atoms with Crippen LogP contribution in [0.3, 0.4) is 0 Å². The van der Waals surface area contributed by atoms with E-state index in [0.717, 1.165) is 6.42 Å². The molecule has 0 bridgehead atoms. The molecule has 0 aromatic heterocycles. The number of nitrogens with one attached hydrogen (secondary N) is 2. The predicted molar refractivity (Wildman–Crippen MR) is 161 cm³/mol. The minimum atomic E-state index is -1.49. The van der Waals surface area contributed by atoms with Gasteiger partial charge in [0.05, 0.1) is 92.3 Å². The molecule has 0 spiro atoms. The van der Waals surface area contributed by atoms with E-state index in [2.05, 4.69) is 34.3 Å². The number of aliphatic hydroxyl groups is 4. The van der Waals surface area contributed by atoms with Crippen LogP contribution < -0.4 is 10.6 Å². The van der Waals surface area contributed by atoms with Crippen molar-refractivity contribution in [1.82, 2.24) is 10.6 Å². The van der Waals surface area contributed by atoms with Crippen molar-refractivity contribution in [2.45, 2.75) is 50.5 Å². The summed E-state index contributed by atoms with van der Waals surface area (Å²) in [6.07, 6.45) is -5.76. The third-order valence-electron chi connectivity index (χ3n) is 5.88. The number of carbonyl (C=O) groups excluding carboxylic acids is 2. The molecule has 1 fully saturated rings. The highest BCUT2D eigenvalue weighted by atomic mass is 16.7. The highest BCUT2D eigenvalue weighted by Gasteiger charge is 2.43. The molecule has 1 aliphatic rings. The molecule has 1 rings (SSSR count). The fourth-order valence-corrected chi connectivity index (χ4v) is 3.51. The fraction of sp³-hybridized carbons (Fsp3) is 0.800. The number of rotatable bonds is 26. The van der Waals surface area contributed by atoms with E-state index in [1.165, 1.54) is 0 Å². The molecule has 0 aromatic carbocycles. The minimum absolute atomic E-state index is 0.0596. The van der Waals surface area contributed by atoms with Gasteiger partial charge in [0.1, 0.15) is 31.0 Å². The van der Waals surface area contributed by atoms with Gasteiger partial charge < -0.3 is 69.0 Å². The van der Waals surface area contributed by atoms with Gasteiger partial charge in [0.25, 0.3) is 0 Å². The third-order valence-corrected chi connectivity index (χ3v) is 5.88. The quantitative estimate of drug-likeness (QED) is 0.0401. The van der Waals surface area contributed by atoms with Crippen molar-refractivity contribution in [3.63, 3.8) is 0 Å². The first-order valence-corrected chi connectivity index (χ1v) is 15.3. The molecule has 0 saturated carbocycles. The summed E-state index contributed by atoms with van der Waals surface area (Å²) in [7, 11) is 0. The summed E-state index contributed by atoms with van der Waals surface area (Å²) in [5, 5.41) is 43.9. The number of aliphatic hydroxyl groups excluding tert-OH is 4. The minimum Gasteiger partial charge on any atom is -0.394 e. The molecule has 2 amide bonds. The van der Waals surface area contributed by atoms with Crippen LogP contribution >= 0.6 is 0 Å². The largest absolute Gasteiger partial charge is 0.394 e. The number of hydrogen-bond acceptors (Lipinski definition) is 14. The van der Waals surface area contributed by atoms with Crippen molar-refractivity contribution < 1.29 is 67.9 Å². The van der Waals surface area contributed by atoms with E-state index in [0.29, 0.717) is 72.6 Å². The Morgan fingerprint density at radius 1 is 0.652 bits per heavy atom. The Morgan fingerprint density at radius 2 is 1.15 bits per heavy atom. The lowest BCUT2D eigenvalue weighted by Crippen LogP contribution is -2.59. The zero-order valence-corrected chi connectivity index (χ0v) is 26.5. The Labute approximate surface area is 270 Å². The molecule has 0 radical (unpaired) electrons. The SMILES string of the molecule is CCC#CC#CCC(=O)NCCOCCOCCOCC(=O)NCCOCCOCCOCCO[C@H]1OC(CO)[C@@H](O)[C@H](O)C1O. The lowest BCUT2D eigenvalue weighted by molar-refractivity contribution is -0.302. The van der Waals surface area contributed by atoms with E-state index in [4.69, 9.17) is 43.0 Å². The van der Waals surface area contributed by atoms with E-state index in [1.807, 2.05) is 6.92 Å². The number of hydrogen-bond donors (Lipinski definition) is 6. The maximum absolute atomic E-state index is 11.8. The number of carbonyl (C=O) groups is 2. The van der Waals surface area contributed by atoms with E-state index >= 15 is 0 Å². The van der Waals surface area contributed by atoms with Crippen LogP contribution in [0.1, 0.15) is 19.8 Å². The summed E-state index contributed by atoms with van der Waals surface area (Å²) in [6.45, 7) is 5.54. The topological polar surface area (TPSA) is 213 Å². The lowest BCUT2D eigenvalue weighted by Gasteiger charge is -2.39.